The Morgan fingerprint density at radius 1 is 1.23 bits per heavy atom. The number of hydrazone groups is 1. The molecule has 22 heavy (non-hydrogen) atoms. The molecule has 0 aliphatic rings. The number of rotatable bonds is 5. The Hall–Kier alpha value is -2.65. The Bertz CT molecular complexity index is 704. The lowest BCUT2D eigenvalue weighted by Gasteiger charge is -2.04. The van der Waals surface area contributed by atoms with Gasteiger partial charge in [0.2, 0.25) is 0 Å². The summed E-state index contributed by atoms with van der Waals surface area (Å²) < 4.78 is 6.26. The van der Waals surface area contributed by atoms with Gasteiger partial charge in [0.15, 0.2) is 6.61 Å². The molecule has 5 nitrogen and oxygen atoms in total. The fraction of sp³-hybridized carbons (Fsp3) is 0.0625. The minimum atomic E-state index is -0.363. The summed E-state index contributed by atoms with van der Waals surface area (Å²) in [6, 6.07) is 16.0. The molecule has 0 aromatic heterocycles. The van der Waals surface area contributed by atoms with Crippen LogP contribution in [0.5, 0.6) is 5.75 Å². The van der Waals surface area contributed by atoms with Gasteiger partial charge < -0.3 is 4.74 Å². The van der Waals surface area contributed by atoms with Gasteiger partial charge in [0.25, 0.3) is 5.91 Å². The van der Waals surface area contributed by atoms with Crippen LogP contribution in [-0.4, -0.2) is 18.7 Å². The summed E-state index contributed by atoms with van der Waals surface area (Å²) in [5, 5.41) is 12.5. The highest BCUT2D eigenvalue weighted by Gasteiger charge is 2.01. The highest BCUT2D eigenvalue weighted by Crippen LogP contribution is 2.11. The molecule has 0 fully saturated rings. The first-order valence-electron chi connectivity index (χ1n) is 6.38. The summed E-state index contributed by atoms with van der Waals surface area (Å²) >= 11 is 3.34. The zero-order valence-electron chi connectivity index (χ0n) is 11.5. The molecule has 0 aliphatic carbocycles. The average molecular weight is 358 g/mol. The van der Waals surface area contributed by atoms with Crippen molar-refractivity contribution in [3.8, 4) is 11.8 Å². The minimum absolute atomic E-state index is 0.149. The van der Waals surface area contributed by atoms with Crippen molar-refractivity contribution < 1.29 is 9.53 Å². The minimum Gasteiger partial charge on any atom is -0.484 e. The van der Waals surface area contributed by atoms with E-state index in [1.165, 1.54) is 0 Å². The van der Waals surface area contributed by atoms with Gasteiger partial charge in [0.1, 0.15) is 5.75 Å². The molecule has 0 aliphatic heterocycles. The van der Waals surface area contributed by atoms with E-state index in [0.717, 1.165) is 10.0 Å². The Morgan fingerprint density at radius 3 is 2.55 bits per heavy atom. The maximum Gasteiger partial charge on any atom is 0.277 e. The fourth-order valence-corrected chi connectivity index (χ4v) is 1.80. The van der Waals surface area contributed by atoms with Crippen molar-refractivity contribution in [2.75, 3.05) is 6.61 Å². The molecule has 1 N–H and O–H groups in total. The zero-order chi connectivity index (χ0) is 15.8. The van der Waals surface area contributed by atoms with E-state index in [0.29, 0.717) is 11.3 Å². The molecule has 0 atom stereocenters. The maximum absolute atomic E-state index is 11.6. The van der Waals surface area contributed by atoms with Crippen molar-refractivity contribution in [3.05, 3.63) is 64.1 Å². The zero-order valence-corrected chi connectivity index (χ0v) is 13.1. The predicted octanol–water partition coefficient (Wildman–Crippen LogP) is 2.85. The molecule has 0 bridgehead atoms. The standard InChI is InChI=1S/C16H12BrN3O2/c17-14-5-1-13(2-6-14)10-19-20-16(21)11-22-15-7-3-12(9-18)4-8-15/h1-8,10H,11H2,(H,20,21)/b19-10+. The van der Waals surface area contributed by atoms with Gasteiger partial charge in [0.05, 0.1) is 17.8 Å². The highest BCUT2D eigenvalue weighted by molar-refractivity contribution is 9.10. The molecule has 2 rings (SSSR count). The van der Waals surface area contributed by atoms with Gasteiger partial charge in [-0.15, -0.1) is 0 Å². The molecule has 0 spiro atoms. The van der Waals surface area contributed by atoms with Crippen LogP contribution >= 0.6 is 15.9 Å². The number of hydrogen-bond donors (Lipinski definition) is 1. The molecule has 0 radical (unpaired) electrons. The second-order valence-electron chi connectivity index (χ2n) is 4.27. The van der Waals surface area contributed by atoms with Crippen LogP contribution in [0.4, 0.5) is 0 Å². The Kier molecular flexibility index (Phi) is 5.69. The Balaban J connectivity index is 1.78. The summed E-state index contributed by atoms with van der Waals surface area (Å²) in [6.07, 6.45) is 1.55. The lowest BCUT2D eigenvalue weighted by molar-refractivity contribution is -0.123. The third kappa shape index (κ3) is 5.04. The van der Waals surface area contributed by atoms with E-state index in [4.69, 9.17) is 10.00 Å². The highest BCUT2D eigenvalue weighted by atomic mass is 79.9. The van der Waals surface area contributed by atoms with E-state index in [2.05, 4.69) is 26.5 Å². The summed E-state index contributed by atoms with van der Waals surface area (Å²) in [6.45, 7) is -0.149. The van der Waals surface area contributed by atoms with Crippen LogP contribution in [0, 0.1) is 11.3 Å². The number of nitrogens with one attached hydrogen (secondary N) is 1. The van der Waals surface area contributed by atoms with Gasteiger partial charge in [-0.05, 0) is 42.0 Å². The van der Waals surface area contributed by atoms with Crippen LogP contribution in [0.3, 0.4) is 0 Å². The molecule has 110 valence electrons. The SMILES string of the molecule is N#Cc1ccc(OCC(=O)N/N=C/c2ccc(Br)cc2)cc1. The lowest BCUT2D eigenvalue weighted by atomic mass is 10.2. The number of amides is 1. The molecule has 0 saturated heterocycles. The molecule has 0 saturated carbocycles. The van der Waals surface area contributed by atoms with Gasteiger partial charge in [0, 0.05) is 4.47 Å². The number of halogens is 1. The molecular weight excluding hydrogens is 346 g/mol. The van der Waals surface area contributed by atoms with Crippen molar-refractivity contribution >= 4 is 28.1 Å². The predicted molar refractivity (Wildman–Crippen MR) is 86.5 cm³/mol. The van der Waals surface area contributed by atoms with Gasteiger partial charge in [-0.2, -0.15) is 10.4 Å². The molecule has 2 aromatic rings. The Labute approximate surface area is 136 Å². The number of hydrogen-bond acceptors (Lipinski definition) is 4. The summed E-state index contributed by atoms with van der Waals surface area (Å²) in [7, 11) is 0. The van der Waals surface area contributed by atoms with E-state index < -0.39 is 0 Å². The normalized spacial score (nSPS) is 10.2. The van der Waals surface area contributed by atoms with E-state index in [1.807, 2.05) is 30.3 Å². The largest absolute Gasteiger partial charge is 0.484 e. The molecular formula is C16H12BrN3O2. The van der Waals surface area contributed by atoms with Crippen LogP contribution in [0.15, 0.2) is 58.1 Å². The number of nitriles is 1. The third-order valence-electron chi connectivity index (χ3n) is 2.63. The van der Waals surface area contributed by atoms with Gasteiger partial charge in [-0.3, -0.25) is 4.79 Å². The second kappa shape index (κ2) is 7.96. The number of carbonyl (C=O) groups excluding carboxylic acids is 1. The topological polar surface area (TPSA) is 74.5 Å². The molecule has 2 aromatic carbocycles. The Morgan fingerprint density at radius 2 is 1.91 bits per heavy atom. The van der Waals surface area contributed by atoms with Crippen LogP contribution in [-0.2, 0) is 4.79 Å². The summed E-state index contributed by atoms with van der Waals surface area (Å²) in [4.78, 5) is 11.6. The van der Waals surface area contributed by atoms with Crippen LogP contribution in [0.2, 0.25) is 0 Å². The monoisotopic (exact) mass is 357 g/mol. The first-order chi connectivity index (χ1) is 10.7. The van der Waals surface area contributed by atoms with Crippen molar-refractivity contribution in [2.24, 2.45) is 5.10 Å². The molecule has 0 unspecified atom stereocenters. The first kappa shape index (κ1) is 15.7. The van der Waals surface area contributed by atoms with E-state index in [-0.39, 0.29) is 12.5 Å². The number of ether oxygens (including phenoxy) is 1. The molecule has 6 heteroatoms. The van der Waals surface area contributed by atoms with Crippen molar-refractivity contribution in [1.82, 2.24) is 5.43 Å². The van der Waals surface area contributed by atoms with E-state index in [9.17, 15) is 4.79 Å². The van der Waals surface area contributed by atoms with Crippen LogP contribution in [0.25, 0.3) is 0 Å². The average Bonchev–Trinajstić information content (AvgIpc) is 2.55. The summed E-state index contributed by atoms with van der Waals surface area (Å²) in [5.74, 6) is 0.156. The van der Waals surface area contributed by atoms with E-state index in [1.54, 1.807) is 30.5 Å². The summed E-state index contributed by atoms with van der Waals surface area (Å²) in [5.41, 5.74) is 3.79. The second-order valence-corrected chi connectivity index (χ2v) is 5.19. The van der Waals surface area contributed by atoms with Gasteiger partial charge in [-0.1, -0.05) is 28.1 Å². The fourth-order valence-electron chi connectivity index (χ4n) is 1.53. The van der Waals surface area contributed by atoms with Gasteiger partial charge >= 0.3 is 0 Å². The van der Waals surface area contributed by atoms with Crippen molar-refractivity contribution in [2.45, 2.75) is 0 Å². The smallest absolute Gasteiger partial charge is 0.277 e. The first-order valence-corrected chi connectivity index (χ1v) is 7.17. The van der Waals surface area contributed by atoms with Crippen molar-refractivity contribution in [1.29, 1.82) is 5.26 Å². The van der Waals surface area contributed by atoms with Gasteiger partial charge in [-0.25, -0.2) is 5.43 Å². The number of carbonyl (C=O) groups is 1. The number of nitrogens with zero attached hydrogens (tertiary/aromatic N) is 2. The molecule has 0 heterocycles. The third-order valence-corrected chi connectivity index (χ3v) is 3.15. The maximum atomic E-state index is 11.6. The molecule has 1 amide bonds. The van der Waals surface area contributed by atoms with Crippen LogP contribution < -0.4 is 10.2 Å². The lowest BCUT2D eigenvalue weighted by Crippen LogP contribution is -2.24. The number of benzene rings is 2. The van der Waals surface area contributed by atoms with E-state index >= 15 is 0 Å². The van der Waals surface area contributed by atoms with Crippen LogP contribution in [0.1, 0.15) is 11.1 Å². The quantitative estimate of drug-likeness (QED) is 0.660. The van der Waals surface area contributed by atoms with Crippen molar-refractivity contribution in [3.63, 3.8) is 0 Å².